The van der Waals surface area contributed by atoms with E-state index in [2.05, 4.69) is 4.74 Å². The molecule has 92 valence electrons. The van der Waals surface area contributed by atoms with Crippen molar-refractivity contribution in [2.75, 3.05) is 0 Å². The molecule has 0 rings (SSSR count). The lowest BCUT2D eigenvalue weighted by Crippen LogP contribution is -2.48. The van der Waals surface area contributed by atoms with Crippen molar-refractivity contribution >= 4 is 0 Å². The monoisotopic (exact) mass is 242 g/mol. The minimum atomic E-state index is -5.70. The van der Waals surface area contributed by atoms with Gasteiger partial charge in [-0.2, -0.15) is 26.3 Å². The highest BCUT2D eigenvalue weighted by Crippen LogP contribution is 2.36. The van der Waals surface area contributed by atoms with Crippen molar-refractivity contribution in [1.29, 1.82) is 0 Å². The lowest BCUT2D eigenvalue weighted by Gasteiger charge is -2.26. The summed E-state index contributed by atoms with van der Waals surface area (Å²) in [7, 11) is 0. The van der Waals surface area contributed by atoms with Gasteiger partial charge < -0.3 is 14.9 Å². The predicted molar refractivity (Wildman–Crippen MR) is 34.7 cm³/mol. The molecule has 0 aliphatic rings. The SMILES string of the molecule is CC(O)C(O)OC(C(F)(F)F)C(F)(F)F. The highest BCUT2D eigenvalue weighted by Gasteiger charge is 2.59. The van der Waals surface area contributed by atoms with Crippen molar-refractivity contribution in [2.24, 2.45) is 0 Å². The van der Waals surface area contributed by atoms with Crippen LogP contribution in [0.1, 0.15) is 6.92 Å². The molecule has 0 heterocycles. The van der Waals surface area contributed by atoms with Crippen molar-refractivity contribution in [3.8, 4) is 0 Å². The Balaban J connectivity index is 4.69. The maximum atomic E-state index is 11.8. The van der Waals surface area contributed by atoms with Crippen molar-refractivity contribution < 1.29 is 41.3 Å². The van der Waals surface area contributed by atoms with Crippen LogP contribution in [0, 0.1) is 0 Å². The van der Waals surface area contributed by atoms with Crippen molar-refractivity contribution in [2.45, 2.75) is 37.8 Å². The smallest absolute Gasteiger partial charge is 0.388 e. The molecule has 0 aromatic carbocycles. The number of halogens is 6. The largest absolute Gasteiger partial charge is 0.423 e. The molecule has 0 amide bonds. The standard InChI is InChI=1S/C6H8F6O3/c1-2(13)3(14)15-4(5(7,8)9)6(10,11)12/h2-4,13-14H,1H3. The first-order valence-electron chi connectivity index (χ1n) is 3.61. The van der Waals surface area contributed by atoms with Crippen LogP contribution in [-0.2, 0) is 4.74 Å². The first-order chi connectivity index (χ1) is 6.46. The molecular formula is C6H8F6O3. The van der Waals surface area contributed by atoms with Crippen molar-refractivity contribution in [1.82, 2.24) is 0 Å². The summed E-state index contributed by atoms with van der Waals surface area (Å²) >= 11 is 0. The quantitative estimate of drug-likeness (QED) is 0.577. The lowest BCUT2D eigenvalue weighted by molar-refractivity contribution is -0.355. The minimum Gasteiger partial charge on any atom is -0.388 e. The van der Waals surface area contributed by atoms with E-state index in [9.17, 15) is 26.3 Å². The molecule has 0 aliphatic heterocycles. The fourth-order valence-corrected chi connectivity index (χ4v) is 0.593. The van der Waals surface area contributed by atoms with Gasteiger partial charge in [0, 0.05) is 0 Å². The molecule has 15 heavy (non-hydrogen) atoms. The third kappa shape index (κ3) is 4.67. The van der Waals surface area contributed by atoms with Gasteiger partial charge in [-0.1, -0.05) is 0 Å². The molecule has 2 unspecified atom stereocenters. The first-order valence-corrected chi connectivity index (χ1v) is 3.61. The zero-order valence-corrected chi connectivity index (χ0v) is 7.30. The number of aliphatic hydroxyl groups excluding tert-OH is 2. The van der Waals surface area contributed by atoms with Crippen LogP contribution < -0.4 is 0 Å². The third-order valence-electron chi connectivity index (χ3n) is 1.28. The van der Waals surface area contributed by atoms with Gasteiger partial charge >= 0.3 is 12.4 Å². The molecule has 3 nitrogen and oxygen atoms in total. The summed E-state index contributed by atoms with van der Waals surface area (Å²) in [5, 5.41) is 17.0. The molecule has 2 atom stereocenters. The first kappa shape index (κ1) is 14.5. The molecule has 0 spiro atoms. The highest BCUT2D eigenvalue weighted by molar-refractivity contribution is 4.77. The lowest BCUT2D eigenvalue weighted by atomic mass is 10.3. The molecule has 0 bridgehead atoms. The normalized spacial score (nSPS) is 18.0. The van der Waals surface area contributed by atoms with Crippen LogP contribution >= 0.6 is 0 Å². The van der Waals surface area contributed by atoms with Gasteiger partial charge in [-0.05, 0) is 6.92 Å². The average molecular weight is 242 g/mol. The van der Waals surface area contributed by atoms with Crippen LogP contribution in [0.2, 0.25) is 0 Å². The third-order valence-corrected chi connectivity index (χ3v) is 1.28. The van der Waals surface area contributed by atoms with E-state index in [0.29, 0.717) is 0 Å². The molecule has 0 saturated heterocycles. The van der Waals surface area contributed by atoms with Crippen molar-refractivity contribution in [3.05, 3.63) is 0 Å². The Hall–Kier alpha value is -0.540. The van der Waals surface area contributed by atoms with E-state index in [1.807, 2.05) is 0 Å². The van der Waals surface area contributed by atoms with Crippen LogP contribution in [0.15, 0.2) is 0 Å². The van der Waals surface area contributed by atoms with E-state index in [0.717, 1.165) is 6.92 Å². The Morgan fingerprint density at radius 3 is 1.47 bits per heavy atom. The zero-order valence-electron chi connectivity index (χ0n) is 7.30. The summed E-state index contributed by atoms with van der Waals surface area (Å²) in [4.78, 5) is 0. The summed E-state index contributed by atoms with van der Waals surface area (Å²) in [6.07, 6.45) is -19.9. The second kappa shape index (κ2) is 4.54. The highest BCUT2D eigenvalue weighted by atomic mass is 19.4. The summed E-state index contributed by atoms with van der Waals surface area (Å²) in [6.45, 7) is 0.786. The second-order valence-corrected chi connectivity index (χ2v) is 2.73. The van der Waals surface area contributed by atoms with E-state index in [1.165, 1.54) is 0 Å². The zero-order chi connectivity index (χ0) is 12.4. The van der Waals surface area contributed by atoms with Gasteiger partial charge in [0.15, 0.2) is 6.29 Å². The molecule has 0 aliphatic carbocycles. The van der Waals surface area contributed by atoms with E-state index in [4.69, 9.17) is 10.2 Å². The molecule has 0 saturated carbocycles. The van der Waals surface area contributed by atoms with Crippen LogP contribution in [0.4, 0.5) is 26.3 Å². The Morgan fingerprint density at radius 1 is 0.933 bits per heavy atom. The summed E-state index contributed by atoms with van der Waals surface area (Å²) in [5.74, 6) is 0. The molecular weight excluding hydrogens is 234 g/mol. The molecule has 0 aromatic heterocycles. The minimum absolute atomic E-state index is 0.786. The fourth-order valence-electron chi connectivity index (χ4n) is 0.593. The summed E-state index contributed by atoms with van der Waals surface area (Å²) in [5.41, 5.74) is 0. The van der Waals surface area contributed by atoms with Gasteiger partial charge in [0.2, 0.25) is 0 Å². The average Bonchev–Trinajstić information content (AvgIpc) is 1.94. The van der Waals surface area contributed by atoms with E-state index in [-0.39, 0.29) is 0 Å². The molecule has 0 radical (unpaired) electrons. The van der Waals surface area contributed by atoms with E-state index < -0.39 is 30.9 Å². The Bertz CT molecular complexity index is 184. The Morgan fingerprint density at radius 2 is 1.27 bits per heavy atom. The molecule has 9 heteroatoms. The van der Waals surface area contributed by atoms with Gasteiger partial charge in [-0.25, -0.2) is 0 Å². The molecule has 0 fully saturated rings. The van der Waals surface area contributed by atoms with Crippen LogP contribution in [0.5, 0.6) is 0 Å². The van der Waals surface area contributed by atoms with Gasteiger partial charge in [0.1, 0.15) is 6.10 Å². The van der Waals surface area contributed by atoms with Gasteiger partial charge in [0.25, 0.3) is 6.10 Å². The number of aliphatic hydroxyl groups is 2. The van der Waals surface area contributed by atoms with Gasteiger partial charge in [-0.15, -0.1) is 0 Å². The summed E-state index contributed by atoms with van der Waals surface area (Å²) < 4.78 is 74.1. The van der Waals surface area contributed by atoms with E-state index in [1.54, 1.807) is 0 Å². The van der Waals surface area contributed by atoms with Gasteiger partial charge in [0.05, 0.1) is 0 Å². The maximum Gasteiger partial charge on any atom is 0.423 e. The number of rotatable bonds is 3. The maximum absolute atomic E-state index is 11.8. The fraction of sp³-hybridized carbons (Fsp3) is 1.00. The van der Waals surface area contributed by atoms with E-state index >= 15 is 0 Å². The Labute approximate surface area is 80.3 Å². The van der Waals surface area contributed by atoms with Crippen LogP contribution in [-0.4, -0.2) is 41.1 Å². The number of hydrogen-bond donors (Lipinski definition) is 2. The predicted octanol–water partition coefficient (Wildman–Crippen LogP) is 1.20. The topological polar surface area (TPSA) is 49.7 Å². The van der Waals surface area contributed by atoms with Crippen LogP contribution in [0.3, 0.4) is 0 Å². The molecule has 0 aromatic rings. The summed E-state index contributed by atoms with van der Waals surface area (Å²) in [6, 6.07) is 0. The Kier molecular flexibility index (Phi) is 4.37. The second-order valence-electron chi connectivity index (χ2n) is 2.73. The number of hydrogen-bond acceptors (Lipinski definition) is 3. The number of ether oxygens (including phenoxy) is 1. The number of alkyl halides is 6. The molecule has 2 N–H and O–H groups in total. The van der Waals surface area contributed by atoms with Crippen LogP contribution in [0.25, 0.3) is 0 Å². The van der Waals surface area contributed by atoms with Crippen molar-refractivity contribution in [3.63, 3.8) is 0 Å². The van der Waals surface area contributed by atoms with Gasteiger partial charge in [-0.3, -0.25) is 0 Å².